The fraction of sp³-hybridized carbons (Fsp3) is 0.263. The molecule has 1 aliphatic rings. The van der Waals surface area contributed by atoms with E-state index in [1.165, 1.54) is 42.2 Å². The van der Waals surface area contributed by atoms with E-state index in [2.05, 4.69) is 10.3 Å². The van der Waals surface area contributed by atoms with E-state index < -0.39 is 22.7 Å². The highest BCUT2D eigenvalue weighted by atomic mass is 35.5. The lowest BCUT2D eigenvalue weighted by molar-refractivity contribution is 0.181. The van der Waals surface area contributed by atoms with Gasteiger partial charge in [-0.15, -0.1) is 0 Å². The number of fused-ring (bicyclic) bond motifs is 1. The molecular weight excluding hydrogens is 411 g/mol. The number of halogens is 4. The fourth-order valence-electron chi connectivity index (χ4n) is 3.52. The molecule has 0 bridgehead atoms. The Morgan fingerprint density at radius 2 is 2.04 bits per heavy atom. The molecule has 146 valence electrons. The van der Waals surface area contributed by atoms with Crippen molar-refractivity contribution in [1.82, 2.24) is 9.55 Å². The second-order valence-electron chi connectivity index (χ2n) is 6.74. The first kappa shape index (κ1) is 19.1. The van der Waals surface area contributed by atoms with Gasteiger partial charge in [-0.25, -0.2) is 13.8 Å². The predicted molar refractivity (Wildman–Crippen MR) is 104 cm³/mol. The van der Waals surface area contributed by atoms with Crippen LogP contribution in [-0.2, 0) is 17.3 Å². The Balaban J connectivity index is 1.88. The number of hydrogen-bond acceptors (Lipinski definition) is 4. The molecule has 1 fully saturated rings. The van der Waals surface area contributed by atoms with Gasteiger partial charge in [-0.1, -0.05) is 23.2 Å². The molecule has 1 aliphatic heterocycles. The van der Waals surface area contributed by atoms with Crippen LogP contribution in [0.1, 0.15) is 12.0 Å². The molecule has 4 rings (SSSR count). The molecule has 1 atom stereocenters. The molecule has 0 saturated carbocycles. The average molecular weight is 426 g/mol. The van der Waals surface area contributed by atoms with Crippen LogP contribution in [0.15, 0.2) is 35.4 Å². The second kappa shape index (κ2) is 6.99. The number of aryl methyl sites for hydroxylation is 1. The lowest BCUT2D eigenvalue weighted by atomic mass is 9.88. The van der Waals surface area contributed by atoms with E-state index in [0.717, 1.165) is 0 Å². The summed E-state index contributed by atoms with van der Waals surface area (Å²) in [6, 6.07) is 5.30. The number of rotatable bonds is 3. The molecule has 9 heteroatoms. The zero-order chi connectivity index (χ0) is 20.1. The molecule has 0 radical (unpaired) electrons. The van der Waals surface area contributed by atoms with Crippen LogP contribution in [-0.4, -0.2) is 22.8 Å². The molecule has 0 unspecified atom stereocenters. The average Bonchev–Trinajstić information content (AvgIpc) is 3.11. The molecule has 3 aromatic rings. The Morgan fingerprint density at radius 1 is 1.25 bits per heavy atom. The Morgan fingerprint density at radius 3 is 2.75 bits per heavy atom. The van der Waals surface area contributed by atoms with Crippen LogP contribution in [0, 0.1) is 11.6 Å². The SMILES string of the molecule is Cn1cnc2c(F)cc(N[C@@]3(c4c(F)ccc(Cl)c4Cl)CCOC3)cc2c1=O. The summed E-state index contributed by atoms with van der Waals surface area (Å²) in [5, 5.41) is 3.52. The highest BCUT2D eigenvalue weighted by Gasteiger charge is 2.41. The van der Waals surface area contributed by atoms with Crippen molar-refractivity contribution in [2.75, 3.05) is 18.5 Å². The summed E-state index contributed by atoms with van der Waals surface area (Å²) in [4.78, 5) is 16.3. The van der Waals surface area contributed by atoms with Crippen LogP contribution in [0.2, 0.25) is 10.0 Å². The molecule has 5 nitrogen and oxygen atoms in total. The van der Waals surface area contributed by atoms with Gasteiger partial charge in [-0.05, 0) is 24.3 Å². The number of ether oxygens (including phenoxy) is 1. The third-order valence-corrected chi connectivity index (χ3v) is 5.71. The van der Waals surface area contributed by atoms with Crippen molar-refractivity contribution in [2.24, 2.45) is 7.05 Å². The minimum atomic E-state index is -1.06. The van der Waals surface area contributed by atoms with Gasteiger partial charge in [0.2, 0.25) is 0 Å². The van der Waals surface area contributed by atoms with Crippen LogP contribution < -0.4 is 10.9 Å². The van der Waals surface area contributed by atoms with Crippen LogP contribution in [0.25, 0.3) is 10.9 Å². The predicted octanol–water partition coefficient (Wildman–Crippen LogP) is 4.25. The molecule has 0 aliphatic carbocycles. The normalized spacial score (nSPS) is 19.3. The van der Waals surface area contributed by atoms with Crippen molar-refractivity contribution in [3.63, 3.8) is 0 Å². The van der Waals surface area contributed by atoms with Crippen LogP contribution in [0.5, 0.6) is 0 Å². The van der Waals surface area contributed by atoms with Gasteiger partial charge in [-0.3, -0.25) is 4.79 Å². The zero-order valence-electron chi connectivity index (χ0n) is 14.7. The van der Waals surface area contributed by atoms with Crippen LogP contribution in [0.3, 0.4) is 0 Å². The third-order valence-electron chi connectivity index (χ3n) is 4.90. The van der Waals surface area contributed by atoms with E-state index in [4.69, 9.17) is 27.9 Å². The lowest BCUT2D eigenvalue weighted by Crippen LogP contribution is -2.37. The molecule has 1 N–H and O–H groups in total. The van der Waals surface area contributed by atoms with E-state index >= 15 is 0 Å². The molecular formula is C19H15Cl2F2N3O2. The number of nitrogens with one attached hydrogen (secondary N) is 1. The highest BCUT2D eigenvalue weighted by molar-refractivity contribution is 6.42. The standard InChI is InChI=1S/C19H15Cl2F2N3O2/c1-26-9-24-17-11(18(26)27)6-10(7-14(17)23)25-19(4-5-28-8-19)15-13(22)3-2-12(20)16(15)21/h2-3,6-7,9,25H,4-5,8H2,1H3/t19-/m0/s1. The Kier molecular flexibility index (Phi) is 4.77. The molecule has 1 aromatic heterocycles. The van der Waals surface area contributed by atoms with E-state index in [1.54, 1.807) is 0 Å². The van der Waals surface area contributed by atoms with Crippen LogP contribution >= 0.6 is 23.2 Å². The number of aromatic nitrogens is 2. The summed E-state index contributed by atoms with van der Waals surface area (Å²) in [7, 11) is 1.53. The number of nitrogens with zero attached hydrogens (tertiary/aromatic N) is 2. The fourth-order valence-corrected chi connectivity index (χ4v) is 4.01. The van der Waals surface area contributed by atoms with Gasteiger partial charge in [0.15, 0.2) is 5.82 Å². The van der Waals surface area contributed by atoms with Crippen molar-refractivity contribution < 1.29 is 13.5 Å². The minimum Gasteiger partial charge on any atom is -0.379 e. The Hall–Kier alpha value is -2.22. The van der Waals surface area contributed by atoms with Gasteiger partial charge in [0.25, 0.3) is 5.56 Å². The first-order chi connectivity index (χ1) is 13.3. The van der Waals surface area contributed by atoms with Gasteiger partial charge in [0.05, 0.1) is 33.9 Å². The summed E-state index contributed by atoms with van der Waals surface area (Å²) < 4.78 is 36.0. The number of anilines is 1. The molecule has 2 heterocycles. The monoisotopic (exact) mass is 425 g/mol. The first-order valence-corrected chi connectivity index (χ1v) is 9.23. The number of benzene rings is 2. The summed E-state index contributed by atoms with van der Waals surface area (Å²) in [5.41, 5.74) is -1.04. The van der Waals surface area contributed by atoms with Crippen molar-refractivity contribution >= 4 is 39.8 Å². The topological polar surface area (TPSA) is 56.1 Å². The molecule has 1 saturated heterocycles. The van der Waals surface area contributed by atoms with E-state index in [9.17, 15) is 13.6 Å². The third kappa shape index (κ3) is 3.03. The van der Waals surface area contributed by atoms with Gasteiger partial charge >= 0.3 is 0 Å². The second-order valence-corrected chi connectivity index (χ2v) is 7.53. The Bertz CT molecular complexity index is 1140. The molecule has 0 spiro atoms. The van der Waals surface area contributed by atoms with Crippen molar-refractivity contribution in [3.05, 3.63) is 68.2 Å². The van der Waals surface area contributed by atoms with Gasteiger partial charge < -0.3 is 14.6 Å². The minimum absolute atomic E-state index is 0.0302. The lowest BCUT2D eigenvalue weighted by Gasteiger charge is -2.32. The van der Waals surface area contributed by atoms with Crippen molar-refractivity contribution in [1.29, 1.82) is 0 Å². The summed E-state index contributed by atoms with van der Waals surface area (Å²) in [5.74, 6) is -1.21. The zero-order valence-corrected chi connectivity index (χ0v) is 16.2. The largest absolute Gasteiger partial charge is 0.379 e. The van der Waals surface area contributed by atoms with E-state index in [0.29, 0.717) is 13.0 Å². The van der Waals surface area contributed by atoms with Crippen LogP contribution in [0.4, 0.5) is 14.5 Å². The van der Waals surface area contributed by atoms with Gasteiger partial charge in [0.1, 0.15) is 11.3 Å². The summed E-state index contributed by atoms with van der Waals surface area (Å²) in [6.07, 6.45) is 1.64. The maximum absolute atomic E-state index is 14.7. The Labute approximate surface area is 168 Å². The molecule has 28 heavy (non-hydrogen) atoms. The van der Waals surface area contributed by atoms with Gasteiger partial charge in [-0.2, -0.15) is 0 Å². The highest BCUT2D eigenvalue weighted by Crippen LogP contribution is 2.42. The smallest absolute Gasteiger partial charge is 0.261 e. The summed E-state index contributed by atoms with van der Waals surface area (Å²) >= 11 is 12.4. The number of hydrogen-bond donors (Lipinski definition) is 1. The van der Waals surface area contributed by atoms with E-state index in [-0.39, 0.29) is 38.8 Å². The van der Waals surface area contributed by atoms with Gasteiger partial charge in [0, 0.05) is 31.3 Å². The maximum Gasteiger partial charge on any atom is 0.261 e. The first-order valence-electron chi connectivity index (χ1n) is 8.47. The molecule has 0 amide bonds. The van der Waals surface area contributed by atoms with E-state index in [1.807, 2.05) is 0 Å². The van der Waals surface area contributed by atoms with Crippen molar-refractivity contribution in [3.8, 4) is 0 Å². The maximum atomic E-state index is 14.7. The summed E-state index contributed by atoms with van der Waals surface area (Å²) in [6.45, 7) is 0.462. The molecule has 2 aromatic carbocycles. The quantitative estimate of drug-likeness (QED) is 0.637. The van der Waals surface area contributed by atoms with Crippen molar-refractivity contribution in [2.45, 2.75) is 12.0 Å².